The van der Waals surface area contributed by atoms with Gasteiger partial charge in [0.25, 0.3) is 0 Å². The lowest BCUT2D eigenvalue weighted by Crippen LogP contribution is -1.87. The van der Waals surface area contributed by atoms with Crippen molar-refractivity contribution in [1.29, 1.82) is 0 Å². The maximum absolute atomic E-state index is 2.37. The second-order valence-corrected chi connectivity index (χ2v) is 5.94. The Bertz CT molecular complexity index is 469. The molecule has 1 heteroatoms. The van der Waals surface area contributed by atoms with Gasteiger partial charge in [-0.25, -0.2) is 0 Å². The van der Waals surface area contributed by atoms with Crippen molar-refractivity contribution in [3.8, 4) is 0 Å². The minimum absolute atomic E-state index is 0.652. The Hall–Kier alpha value is -0.950. The highest BCUT2D eigenvalue weighted by atomic mass is 32.2. The second-order valence-electron chi connectivity index (χ2n) is 4.25. The van der Waals surface area contributed by atoms with Crippen LogP contribution in [-0.2, 0) is 0 Å². The van der Waals surface area contributed by atoms with Gasteiger partial charge in [0.05, 0.1) is 0 Å². The molecular weight excluding hydrogens is 200 g/mol. The highest BCUT2D eigenvalue weighted by Crippen LogP contribution is 2.50. The fourth-order valence-electron chi connectivity index (χ4n) is 2.43. The highest BCUT2D eigenvalue weighted by Gasteiger charge is 2.25. The highest BCUT2D eigenvalue weighted by molar-refractivity contribution is 8.00. The first-order valence-electron chi connectivity index (χ1n) is 5.44. The zero-order valence-electron chi connectivity index (χ0n) is 9.03. The number of benzene rings is 2. The maximum atomic E-state index is 2.37. The summed E-state index contributed by atoms with van der Waals surface area (Å²) < 4.78 is 0. The van der Waals surface area contributed by atoms with Gasteiger partial charge in [0, 0.05) is 10.5 Å². The summed E-state index contributed by atoms with van der Waals surface area (Å²) in [5, 5.41) is 4.05. The van der Waals surface area contributed by atoms with Crippen LogP contribution >= 0.6 is 11.8 Å². The average molecular weight is 214 g/mol. The van der Waals surface area contributed by atoms with E-state index in [-0.39, 0.29) is 0 Å². The van der Waals surface area contributed by atoms with E-state index in [4.69, 9.17) is 0 Å². The molecule has 3 rings (SSSR count). The monoisotopic (exact) mass is 214 g/mol. The molecule has 0 bridgehead atoms. The van der Waals surface area contributed by atoms with Gasteiger partial charge in [0.15, 0.2) is 0 Å². The third-order valence-electron chi connectivity index (χ3n) is 3.24. The standard InChI is InChI=1S/C14H14S/c1-9-13-7-11-5-3-4-6-12(11)8-14(13)10(2)15-9/h3-10H,1-2H3. The van der Waals surface area contributed by atoms with Crippen LogP contribution in [0.1, 0.15) is 35.5 Å². The van der Waals surface area contributed by atoms with Crippen molar-refractivity contribution >= 4 is 22.5 Å². The first-order chi connectivity index (χ1) is 7.25. The summed E-state index contributed by atoms with van der Waals surface area (Å²) in [6.45, 7) is 4.61. The summed E-state index contributed by atoms with van der Waals surface area (Å²) in [7, 11) is 0. The van der Waals surface area contributed by atoms with E-state index in [0.717, 1.165) is 0 Å². The van der Waals surface area contributed by atoms with Crippen molar-refractivity contribution in [2.75, 3.05) is 0 Å². The van der Waals surface area contributed by atoms with Gasteiger partial charge in [-0.15, -0.1) is 11.8 Å². The molecule has 2 atom stereocenters. The summed E-state index contributed by atoms with van der Waals surface area (Å²) in [6.07, 6.45) is 0. The molecule has 2 aromatic rings. The third-order valence-corrected chi connectivity index (χ3v) is 4.56. The van der Waals surface area contributed by atoms with E-state index in [9.17, 15) is 0 Å². The Morgan fingerprint density at radius 2 is 1.33 bits per heavy atom. The van der Waals surface area contributed by atoms with Gasteiger partial charge in [-0.3, -0.25) is 0 Å². The van der Waals surface area contributed by atoms with E-state index >= 15 is 0 Å². The molecule has 0 aliphatic carbocycles. The SMILES string of the molecule is CC1SC(C)c2cc3ccccc3cc21. The van der Waals surface area contributed by atoms with Gasteiger partial charge in [-0.05, 0) is 47.9 Å². The molecule has 1 aliphatic heterocycles. The van der Waals surface area contributed by atoms with Crippen LogP contribution in [0.15, 0.2) is 36.4 Å². The first-order valence-corrected chi connectivity index (χ1v) is 6.38. The third kappa shape index (κ3) is 1.37. The molecule has 0 nitrogen and oxygen atoms in total. The van der Waals surface area contributed by atoms with Crippen molar-refractivity contribution in [2.24, 2.45) is 0 Å². The van der Waals surface area contributed by atoms with Crippen molar-refractivity contribution in [2.45, 2.75) is 24.3 Å². The predicted molar refractivity (Wildman–Crippen MR) is 68.4 cm³/mol. The normalized spacial score (nSPS) is 24.4. The van der Waals surface area contributed by atoms with E-state index in [0.29, 0.717) is 10.5 Å². The van der Waals surface area contributed by atoms with Crippen LogP contribution in [0, 0.1) is 0 Å². The fourth-order valence-corrected chi connectivity index (χ4v) is 3.75. The van der Waals surface area contributed by atoms with Crippen molar-refractivity contribution in [3.63, 3.8) is 0 Å². The molecule has 0 amide bonds. The largest absolute Gasteiger partial charge is 0.146 e. The molecule has 0 N–H and O–H groups in total. The molecule has 0 radical (unpaired) electrons. The molecule has 0 saturated heterocycles. The van der Waals surface area contributed by atoms with Crippen molar-refractivity contribution in [3.05, 3.63) is 47.5 Å². The van der Waals surface area contributed by atoms with E-state index in [1.54, 1.807) is 0 Å². The number of hydrogen-bond acceptors (Lipinski definition) is 1. The quantitative estimate of drug-likeness (QED) is 0.612. The van der Waals surface area contributed by atoms with Crippen LogP contribution in [0.2, 0.25) is 0 Å². The predicted octanol–water partition coefficient (Wildman–Crippen LogP) is 4.71. The number of hydrogen-bond donors (Lipinski definition) is 0. The second kappa shape index (κ2) is 3.28. The Morgan fingerprint density at radius 1 is 0.867 bits per heavy atom. The number of fused-ring (bicyclic) bond motifs is 2. The lowest BCUT2D eigenvalue weighted by molar-refractivity contribution is 1.09. The molecule has 2 unspecified atom stereocenters. The average Bonchev–Trinajstić information content (AvgIpc) is 2.52. The lowest BCUT2D eigenvalue weighted by atomic mass is 9.98. The topological polar surface area (TPSA) is 0 Å². The van der Waals surface area contributed by atoms with E-state index in [1.807, 2.05) is 0 Å². The summed E-state index contributed by atoms with van der Waals surface area (Å²) in [5.41, 5.74) is 3.07. The summed E-state index contributed by atoms with van der Waals surface area (Å²) in [4.78, 5) is 0. The summed E-state index contributed by atoms with van der Waals surface area (Å²) in [6, 6.07) is 13.4. The zero-order valence-corrected chi connectivity index (χ0v) is 9.84. The lowest BCUT2D eigenvalue weighted by Gasteiger charge is -2.06. The molecule has 0 fully saturated rings. The molecule has 2 aromatic carbocycles. The van der Waals surface area contributed by atoms with Gasteiger partial charge in [-0.2, -0.15) is 0 Å². The van der Waals surface area contributed by atoms with Crippen molar-refractivity contribution in [1.82, 2.24) is 0 Å². The first kappa shape index (κ1) is 9.29. The Balaban J connectivity index is 2.32. The van der Waals surface area contributed by atoms with Crippen LogP contribution in [0.5, 0.6) is 0 Å². The molecule has 1 heterocycles. The number of thioether (sulfide) groups is 1. The van der Waals surface area contributed by atoms with Crippen LogP contribution < -0.4 is 0 Å². The summed E-state index contributed by atoms with van der Waals surface area (Å²) >= 11 is 2.06. The van der Waals surface area contributed by atoms with Gasteiger partial charge >= 0.3 is 0 Å². The van der Waals surface area contributed by atoms with Crippen LogP contribution in [0.25, 0.3) is 10.8 Å². The van der Waals surface area contributed by atoms with E-state index < -0.39 is 0 Å². The fraction of sp³-hybridized carbons (Fsp3) is 0.286. The molecule has 76 valence electrons. The van der Waals surface area contributed by atoms with Crippen LogP contribution in [0.3, 0.4) is 0 Å². The molecular formula is C14H14S. The Labute approximate surface area is 94.7 Å². The maximum Gasteiger partial charge on any atom is 0.0278 e. The van der Waals surface area contributed by atoms with Gasteiger partial charge < -0.3 is 0 Å². The van der Waals surface area contributed by atoms with Crippen LogP contribution in [0.4, 0.5) is 0 Å². The number of rotatable bonds is 0. The molecule has 1 aliphatic rings. The van der Waals surface area contributed by atoms with Crippen molar-refractivity contribution < 1.29 is 0 Å². The Morgan fingerprint density at radius 3 is 1.80 bits per heavy atom. The smallest absolute Gasteiger partial charge is 0.0278 e. The Kier molecular flexibility index (Phi) is 2.03. The van der Waals surface area contributed by atoms with Gasteiger partial charge in [-0.1, -0.05) is 24.3 Å². The molecule has 0 aromatic heterocycles. The minimum atomic E-state index is 0.652. The minimum Gasteiger partial charge on any atom is -0.146 e. The van der Waals surface area contributed by atoms with E-state index in [1.165, 1.54) is 21.9 Å². The molecule has 0 saturated carbocycles. The molecule has 0 spiro atoms. The molecule has 15 heavy (non-hydrogen) atoms. The van der Waals surface area contributed by atoms with Crippen LogP contribution in [-0.4, -0.2) is 0 Å². The van der Waals surface area contributed by atoms with Gasteiger partial charge in [0.2, 0.25) is 0 Å². The summed E-state index contributed by atoms with van der Waals surface area (Å²) in [5.74, 6) is 0. The zero-order chi connectivity index (χ0) is 10.4. The van der Waals surface area contributed by atoms with E-state index in [2.05, 4.69) is 62.0 Å². The van der Waals surface area contributed by atoms with Gasteiger partial charge in [0.1, 0.15) is 0 Å².